The fourth-order valence-electron chi connectivity index (χ4n) is 12.0. The largest absolute Gasteiger partial charge is 0.457 e. The van der Waals surface area contributed by atoms with Crippen molar-refractivity contribution in [2.75, 3.05) is 9.80 Å². The van der Waals surface area contributed by atoms with E-state index in [0.29, 0.717) is 0 Å². The van der Waals surface area contributed by atoms with Crippen LogP contribution in [0.25, 0.3) is 21.9 Å². The van der Waals surface area contributed by atoms with Gasteiger partial charge in [0.05, 0.1) is 0 Å². The maximum absolute atomic E-state index is 7.25. The van der Waals surface area contributed by atoms with Crippen LogP contribution in [0.4, 0.5) is 34.1 Å². The van der Waals surface area contributed by atoms with E-state index in [9.17, 15) is 0 Å². The van der Waals surface area contributed by atoms with Gasteiger partial charge in [-0.3, -0.25) is 0 Å². The van der Waals surface area contributed by atoms with Crippen LogP contribution in [0.1, 0.15) is 141 Å². The van der Waals surface area contributed by atoms with Gasteiger partial charge in [0.25, 0.3) is 6.71 Å². The van der Waals surface area contributed by atoms with Crippen molar-refractivity contribution in [3.05, 3.63) is 136 Å². The first-order chi connectivity index (χ1) is 29.2. The predicted octanol–water partition coefficient (Wildman–Crippen LogP) is 14.3. The van der Waals surface area contributed by atoms with E-state index in [-0.39, 0.29) is 33.8 Å². The maximum Gasteiger partial charge on any atom is 0.257 e. The summed E-state index contributed by atoms with van der Waals surface area (Å²) in [7, 11) is 0. The number of hydrogen-bond donors (Lipinski definition) is 0. The molecule has 3 heterocycles. The molecule has 0 spiro atoms. The molecule has 2 aliphatic heterocycles. The Kier molecular flexibility index (Phi) is 8.12. The SMILES string of the molecule is Cc1cc2c3c(c1)N(c1ccccc1C)c1ccc4c(oc5ccc(C(C)(C)C)cc54)c1B3c1cc3c(cc1N2c1ccc2c(c1)C(C)(C)CCC2(C)C)C(C)(C)CCC3(C)C. The van der Waals surface area contributed by atoms with E-state index < -0.39 is 0 Å². The lowest BCUT2D eigenvalue weighted by Gasteiger charge is -2.48. The normalized spacial score (nSPS) is 18.9. The average Bonchev–Trinajstić information content (AvgIpc) is 3.59. The topological polar surface area (TPSA) is 19.6 Å². The molecular weight excluding hydrogens is 751 g/mol. The van der Waals surface area contributed by atoms with E-state index in [0.717, 1.165) is 11.2 Å². The van der Waals surface area contributed by atoms with E-state index in [4.69, 9.17) is 4.42 Å². The third kappa shape index (κ3) is 5.56. The molecule has 0 saturated heterocycles. The third-order valence-corrected chi connectivity index (χ3v) is 16.1. The molecular formula is C58H63BN2O. The Morgan fingerprint density at radius 1 is 0.516 bits per heavy atom. The summed E-state index contributed by atoms with van der Waals surface area (Å²) >= 11 is 0. The molecule has 0 saturated carbocycles. The van der Waals surface area contributed by atoms with E-state index in [1.165, 1.54) is 126 Å². The van der Waals surface area contributed by atoms with E-state index in [1.54, 1.807) is 0 Å². The molecule has 3 nitrogen and oxygen atoms in total. The van der Waals surface area contributed by atoms with Crippen molar-refractivity contribution in [1.82, 2.24) is 0 Å². The van der Waals surface area contributed by atoms with Crippen molar-refractivity contribution in [1.29, 1.82) is 0 Å². The lowest BCUT2D eigenvalue weighted by atomic mass is 9.33. The Labute approximate surface area is 370 Å². The Morgan fingerprint density at radius 3 is 1.79 bits per heavy atom. The molecule has 0 amide bonds. The third-order valence-electron chi connectivity index (χ3n) is 16.1. The molecule has 314 valence electrons. The molecule has 0 radical (unpaired) electrons. The van der Waals surface area contributed by atoms with Crippen LogP contribution in [-0.4, -0.2) is 6.71 Å². The summed E-state index contributed by atoms with van der Waals surface area (Å²) in [6, 6.07) is 38.2. The van der Waals surface area contributed by atoms with Gasteiger partial charge in [-0.25, -0.2) is 0 Å². The molecule has 2 aliphatic carbocycles. The van der Waals surface area contributed by atoms with Crippen LogP contribution in [0.15, 0.2) is 101 Å². The zero-order chi connectivity index (χ0) is 43.6. The van der Waals surface area contributed by atoms with Gasteiger partial charge in [-0.15, -0.1) is 0 Å². The number of furan rings is 1. The Balaban J connectivity index is 1.29. The summed E-state index contributed by atoms with van der Waals surface area (Å²) in [5.41, 5.74) is 23.5. The standard InChI is InChI=1S/C58H63BN2O/c1-34-28-48-51-49(29-34)61(45-17-15-14-16-35(45)2)46-22-20-38-39-30-36(54(3,4)5)18-23-50(39)62-53(38)52(46)59(51)44-32-42-43(58(12,13)27-26-57(42,10)11)33-47(44)60(48)37-19-21-40-41(31-37)56(8,9)25-24-55(40,6)7/h14-23,28-33H,24-27H2,1-13H3. The van der Waals surface area contributed by atoms with Crippen LogP contribution in [-0.2, 0) is 27.1 Å². The van der Waals surface area contributed by atoms with Gasteiger partial charge in [0.2, 0.25) is 0 Å². The summed E-state index contributed by atoms with van der Waals surface area (Å²) in [5.74, 6) is 0. The molecule has 0 N–H and O–H groups in total. The average molecular weight is 815 g/mol. The molecule has 4 heteroatoms. The lowest BCUT2D eigenvalue weighted by molar-refractivity contribution is 0.332. The monoisotopic (exact) mass is 815 g/mol. The Morgan fingerprint density at radius 2 is 1.13 bits per heavy atom. The summed E-state index contributed by atoms with van der Waals surface area (Å²) in [4.78, 5) is 5.23. The highest BCUT2D eigenvalue weighted by Gasteiger charge is 2.48. The minimum absolute atomic E-state index is 0.0203. The maximum atomic E-state index is 7.25. The van der Waals surface area contributed by atoms with Crippen LogP contribution in [0, 0.1) is 13.8 Å². The first kappa shape index (κ1) is 39.6. The number of aryl methyl sites for hydroxylation is 2. The number of rotatable bonds is 2. The van der Waals surface area contributed by atoms with E-state index in [2.05, 4.69) is 197 Å². The summed E-state index contributed by atoms with van der Waals surface area (Å²) in [6.07, 6.45) is 4.71. The number of fused-ring (bicyclic) bond motifs is 10. The zero-order valence-electron chi connectivity index (χ0n) is 39.4. The molecule has 62 heavy (non-hydrogen) atoms. The van der Waals surface area contributed by atoms with Crippen LogP contribution in [0.5, 0.6) is 0 Å². The summed E-state index contributed by atoms with van der Waals surface area (Å²) in [5, 5.41) is 2.38. The van der Waals surface area contributed by atoms with Crippen LogP contribution in [0.2, 0.25) is 0 Å². The van der Waals surface area contributed by atoms with Gasteiger partial charge in [0.15, 0.2) is 0 Å². The molecule has 0 atom stereocenters. The molecule has 1 aromatic heterocycles. The van der Waals surface area contributed by atoms with Crippen LogP contribution in [0.3, 0.4) is 0 Å². The van der Waals surface area contributed by atoms with Crippen molar-refractivity contribution in [3.8, 4) is 0 Å². The molecule has 0 bridgehead atoms. The first-order valence-corrected chi connectivity index (χ1v) is 23.3. The van der Waals surface area contributed by atoms with Gasteiger partial charge in [0, 0.05) is 44.9 Å². The second-order valence-electron chi connectivity index (χ2n) is 23.3. The van der Waals surface area contributed by atoms with Crippen molar-refractivity contribution < 1.29 is 4.42 Å². The minimum Gasteiger partial charge on any atom is -0.457 e. The highest BCUT2D eigenvalue weighted by Crippen LogP contribution is 2.53. The number of anilines is 6. The van der Waals surface area contributed by atoms with Gasteiger partial charge in [-0.05, 0) is 183 Å². The van der Waals surface area contributed by atoms with Crippen LogP contribution >= 0.6 is 0 Å². The van der Waals surface area contributed by atoms with Crippen molar-refractivity contribution in [2.45, 2.75) is 143 Å². The number of para-hydroxylation sites is 1. The first-order valence-electron chi connectivity index (χ1n) is 23.3. The van der Waals surface area contributed by atoms with E-state index in [1.807, 2.05) is 0 Å². The fraction of sp³-hybridized carbons (Fsp3) is 0.379. The van der Waals surface area contributed by atoms with Gasteiger partial charge in [-0.1, -0.05) is 113 Å². The van der Waals surface area contributed by atoms with Crippen molar-refractivity contribution in [2.24, 2.45) is 0 Å². The molecule has 0 unspecified atom stereocenters. The van der Waals surface area contributed by atoms with E-state index >= 15 is 0 Å². The Hall–Kier alpha value is -5.22. The van der Waals surface area contributed by atoms with Crippen LogP contribution < -0.4 is 26.2 Å². The highest BCUT2D eigenvalue weighted by atomic mass is 16.3. The molecule has 11 rings (SSSR count). The van der Waals surface area contributed by atoms with Gasteiger partial charge < -0.3 is 14.2 Å². The lowest BCUT2D eigenvalue weighted by Crippen LogP contribution is -2.62. The number of hydrogen-bond acceptors (Lipinski definition) is 3. The Bertz CT molecular complexity index is 3060. The van der Waals surface area contributed by atoms with Crippen molar-refractivity contribution in [3.63, 3.8) is 0 Å². The molecule has 4 aliphatic rings. The van der Waals surface area contributed by atoms with Crippen molar-refractivity contribution >= 4 is 79.2 Å². The zero-order valence-corrected chi connectivity index (χ0v) is 39.4. The van der Waals surface area contributed by atoms with Gasteiger partial charge >= 0.3 is 0 Å². The number of nitrogens with zero attached hydrogens (tertiary/aromatic N) is 2. The second-order valence-corrected chi connectivity index (χ2v) is 23.3. The van der Waals surface area contributed by atoms with Gasteiger partial charge in [0.1, 0.15) is 11.2 Å². The fourth-order valence-corrected chi connectivity index (χ4v) is 12.0. The summed E-state index contributed by atoms with van der Waals surface area (Å²) < 4.78 is 7.25. The summed E-state index contributed by atoms with van der Waals surface area (Å²) in [6.45, 7) is 31.1. The smallest absolute Gasteiger partial charge is 0.257 e. The predicted molar refractivity (Wildman–Crippen MR) is 266 cm³/mol. The molecule has 0 fully saturated rings. The van der Waals surface area contributed by atoms with Gasteiger partial charge in [-0.2, -0.15) is 0 Å². The quantitative estimate of drug-likeness (QED) is 0.162. The highest BCUT2D eigenvalue weighted by molar-refractivity contribution is 7.01. The molecule has 6 aromatic carbocycles. The number of benzene rings is 6. The minimum atomic E-state index is -0.0485. The second kappa shape index (κ2) is 12.7. The molecule has 7 aromatic rings.